The summed E-state index contributed by atoms with van der Waals surface area (Å²) >= 11 is 4.05. The molecule has 0 radical (unpaired) electrons. The molecule has 0 aliphatic rings. The van der Waals surface area contributed by atoms with Gasteiger partial charge in [-0.2, -0.15) is 0 Å². The monoisotopic (exact) mass is 169 g/mol. The van der Waals surface area contributed by atoms with Gasteiger partial charge in [-0.25, -0.2) is 0 Å². The number of benzene rings is 1. The van der Waals surface area contributed by atoms with Gasteiger partial charge in [-0.15, -0.1) is 12.6 Å². The summed E-state index contributed by atoms with van der Waals surface area (Å²) in [5.74, 6) is 0. The molecule has 0 heterocycles. The van der Waals surface area contributed by atoms with E-state index in [2.05, 4.69) is 12.6 Å². The predicted octanol–water partition coefficient (Wildman–Crippen LogP) is 1.75. The van der Waals surface area contributed by atoms with E-state index >= 15 is 0 Å². The highest BCUT2D eigenvalue weighted by Crippen LogP contribution is 2.07. The lowest BCUT2D eigenvalue weighted by Crippen LogP contribution is -1.97. The summed E-state index contributed by atoms with van der Waals surface area (Å²) < 4.78 is 0. The van der Waals surface area contributed by atoms with Crippen molar-refractivity contribution in [2.24, 2.45) is 0 Å². The van der Waals surface area contributed by atoms with Crippen LogP contribution >= 0.6 is 12.6 Å². The minimum Gasteiger partial charge on any atom is -0.264 e. The van der Waals surface area contributed by atoms with Crippen LogP contribution in [-0.2, 0) is 6.54 Å². The Balaban J connectivity index is 2.74. The van der Waals surface area contributed by atoms with Crippen molar-refractivity contribution in [2.45, 2.75) is 11.4 Å². The number of nitrogens with zero attached hydrogens (tertiary/aromatic N) is 1. The zero-order valence-electron chi connectivity index (χ0n) is 5.73. The average Bonchev–Trinajstić information content (AvgIpc) is 1.93. The van der Waals surface area contributed by atoms with Crippen molar-refractivity contribution in [3.63, 3.8) is 0 Å². The molecule has 1 rings (SSSR count). The Bertz CT molecular complexity index is 258. The molecule has 58 valence electrons. The van der Waals surface area contributed by atoms with E-state index in [4.69, 9.17) is 0 Å². The minimum atomic E-state index is -0.354. The van der Waals surface area contributed by atoms with Crippen molar-refractivity contribution in [3.05, 3.63) is 39.9 Å². The van der Waals surface area contributed by atoms with Crippen LogP contribution in [0.4, 0.5) is 0 Å². The van der Waals surface area contributed by atoms with Gasteiger partial charge in [0.1, 0.15) is 0 Å². The second kappa shape index (κ2) is 3.39. The number of rotatable bonds is 2. The van der Waals surface area contributed by atoms with Gasteiger partial charge < -0.3 is 0 Å². The highest BCUT2D eigenvalue weighted by Gasteiger charge is 1.98. The van der Waals surface area contributed by atoms with Gasteiger partial charge in [-0.3, -0.25) is 10.1 Å². The second-order valence-electron chi connectivity index (χ2n) is 2.16. The fourth-order valence-corrected chi connectivity index (χ4v) is 0.899. The van der Waals surface area contributed by atoms with Crippen LogP contribution in [-0.4, -0.2) is 4.92 Å². The average molecular weight is 169 g/mol. The molecule has 0 spiro atoms. The third kappa shape index (κ3) is 2.59. The van der Waals surface area contributed by atoms with Crippen LogP contribution in [0.3, 0.4) is 0 Å². The van der Waals surface area contributed by atoms with E-state index in [9.17, 15) is 10.1 Å². The van der Waals surface area contributed by atoms with E-state index in [1.807, 2.05) is 0 Å². The molecule has 0 unspecified atom stereocenters. The van der Waals surface area contributed by atoms with Crippen LogP contribution < -0.4 is 0 Å². The molecule has 11 heavy (non-hydrogen) atoms. The van der Waals surface area contributed by atoms with E-state index in [0.29, 0.717) is 5.56 Å². The molecule has 0 saturated heterocycles. The molecule has 0 aromatic heterocycles. The quantitative estimate of drug-likeness (QED) is 0.416. The van der Waals surface area contributed by atoms with E-state index in [0.717, 1.165) is 4.90 Å². The van der Waals surface area contributed by atoms with Crippen LogP contribution in [0.15, 0.2) is 29.2 Å². The van der Waals surface area contributed by atoms with Gasteiger partial charge in [0, 0.05) is 15.4 Å². The zero-order chi connectivity index (χ0) is 8.27. The Kier molecular flexibility index (Phi) is 2.48. The van der Waals surface area contributed by atoms with Gasteiger partial charge in [0.05, 0.1) is 0 Å². The summed E-state index contributed by atoms with van der Waals surface area (Å²) in [6.07, 6.45) is 0. The molecule has 0 N–H and O–H groups in total. The lowest BCUT2D eigenvalue weighted by atomic mass is 10.2. The van der Waals surface area contributed by atoms with E-state index in [-0.39, 0.29) is 11.5 Å². The smallest absolute Gasteiger partial charge is 0.228 e. The molecule has 0 aliphatic heterocycles. The molecule has 1 aromatic carbocycles. The first-order valence-electron chi connectivity index (χ1n) is 3.08. The highest BCUT2D eigenvalue weighted by atomic mass is 32.1. The molecule has 0 bridgehead atoms. The van der Waals surface area contributed by atoms with Gasteiger partial charge in [0.25, 0.3) is 0 Å². The first-order valence-corrected chi connectivity index (χ1v) is 3.53. The van der Waals surface area contributed by atoms with E-state index in [1.165, 1.54) is 0 Å². The van der Waals surface area contributed by atoms with Crippen LogP contribution in [0.25, 0.3) is 0 Å². The number of thiol groups is 1. The Morgan fingerprint density at radius 1 is 1.36 bits per heavy atom. The van der Waals surface area contributed by atoms with Crippen molar-refractivity contribution in [2.75, 3.05) is 0 Å². The van der Waals surface area contributed by atoms with Gasteiger partial charge >= 0.3 is 0 Å². The van der Waals surface area contributed by atoms with Gasteiger partial charge in [-0.1, -0.05) is 12.1 Å². The minimum absolute atomic E-state index is 0.117. The summed E-state index contributed by atoms with van der Waals surface area (Å²) in [4.78, 5) is 10.5. The predicted molar refractivity (Wildman–Crippen MR) is 44.4 cm³/mol. The Labute approximate surface area is 69.6 Å². The summed E-state index contributed by atoms with van der Waals surface area (Å²) in [6.45, 7) is -0.117. The van der Waals surface area contributed by atoms with Crippen LogP contribution in [0, 0.1) is 10.1 Å². The first kappa shape index (κ1) is 8.07. The van der Waals surface area contributed by atoms with E-state index < -0.39 is 0 Å². The largest absolute Gasteiger partial charge is 0.264 e. The summed E-state index contributed by atoms with van der Waals surface area (Å²) in [5, 5.41) is 10.0. The highest BCUT2D eigenvalue weighted by molar-refractivity contribution is 7.80. The van der Waals surface area contributed by atoms with Crippen LogP contribution in [0.5, 0.6) is 0 Å². The summed E-state index contributed by atoms with van der Waals surface area (Å²) in [6, 6.07) is 6.88. The third-order valence-corrected chi connectivity index (χ3v) is 1.55. The standard InChI is InChI=1S/C7H7NO2S/c9-8(10)5-6-1-3-7(11)4-2-6/h1-4,11H,5H2. The molecule has 0 saturated carbocycles. The lowest BCUT2D eigenvalue weighted by Gasteiger charge is -1.94. The maximum Gasteiger partial charge on any atom is 0.228 e. The molecule has 0 aliphatic carbocycles. The number of hydrogen-bond acceptors (Lipinski definition) is 3. The topological polar surface area (TPSA) is 43.1 Å². The molecule has 0 amide bonds. The molecule has 0 atom stereocenters. The van der Waals surface area contributed by atoms with E-state index in [1.54, 1.807) is 24.3 Å². The molecule has 0 fully saturated rings. The Hall–Kier alpha value is -1.03. The van der Waals surface area contributed by atoms with Crippen molar-refractivity contribution < 1.29 is 4.92 Å². The van der Waals surface area contributed by atoms with Crippen LogP contribution in [0.1, 0.15) is 5.56 Å². The van der Waals surface area contributed by atoms with Crippen molar-refractivity contribution in [1.29, 1.82) is 0 Å². The molecule has 3 nitrogen and oxygen atoms in total. The Morgan fingerprint density at radius 3 is 2.36 bits per heavy atom. The van der Waals surface area contributed by atoms with Crippen LogP contribution in [0.2, 0.25) is 0 Å². The maximum absolute atomic E-state index is 10.0. The second-order valence-corrected chi connectivity index (χ2v) is 2.67. The van der Waals surface area contributed by atoms with Crippen molar-refractivity contribution in [1.82, 2.24) is 0 Å². The molecule has 1 aromatic rings. The first-order chi connectivity index (χ1) is 5.18. The fourth-order valence-electron chi connectivity index (χ4n) is 0.750. The number of nitro groups is 1. The molecular weight excluding hydrogens is 162 g/mol. The van der Waals surface area contributed by atoms with Crippen molar-refractivity contribution in [3.8, 4) is 0 Å². The zero-order valence-corrected chi connectivity index (χ0v) is 6.62. The molecule has 4 heteroatoms. The van der Waals surface area contributed by atoms with Crippen molar-refractivity contribution >= 4 is 12.6 Å². The fraction of sp³-hybridized carbons (Fsp3) is 0.143. The Morgan fingerprint density at radius 2 is 1.91 bits per heavy atom. The van der Waals surface area contributed by atoms with Gasteiger partial charge in [0.15, 0.2) is 0 Å². The number of hydrogen-bond donors (Lipinski definition) is 1. The van der Waals surface area contributed by atoms with Gasteiger partial charge in [0.2, 0.25) is 6.54 Å². The normalized spacial score (nSPS) is 9.55. The van der Waals surface area contributed by atoms with Gasteiger partial charge in [-0.05, 0) is 12.1 Å². The molecular formula is C7H7NO2S. The summed E-state index contributed by atoms with van der Waals surface area (Å²) in [5.41, 5.74) is 0.702. The SMILES string of the molecule is O=[N+]([O-])Cc1ccc(S)cc1. The third-order valence-electron chi connectivity index (χ3n) is 1.25. The maximum atomic E-state index is 10.0. The lowest BCUT2D eigenvalue weighted by molar-refractivity contribution is -0.496. The summed E-state index contributed by atoms with van der Waals surface area (Å²) in [7, 11) is 0.